The Morgan fingerprint density at radius 2 is 1.79 bits per heavy atom. The van der Waals surface area contributed by atoms with E-state index in [0.29, 0.717) is 0 Å². The zero-order valence-corrected chi connectivity index (χ0v) is 10.9. The molecule has 1 fully saturated rings. The lowest BCUT2D eigenvalue weighted by molar-refractivity contribution is -0.138. The van der Waals surface area contributed by atoms with E-state index < -0.39 is 17.3 Å². The maximum atomic E-state index is 12.8. The highest BCUT2D eigenvalue weighted by Crippen LogP contribution is 2.41. The van der Waals surface area contributed by atoms with Crippen LogP contribution in [0.15, 0.2) is 18.2 Å². The first-order chi connectivity index (χ1) is 8.87. The molecule has 0 unspecified atom stereocenters. The predicted octanol–water partition coefficient (Wildman–Crippen LogP) is 3.83. The van der Waals surface area contributed by atoms with Gasteiger partial charge in [0.25, 0.3) is 0 Å². The van der Waals surface area contributed by atoms with Crippen LogP contribution >= 0.6 is 0 Å². The van der Waals surface area contributed by atoms with E-state index in [2.05, 4.69) is 0 Å². The van der Waals surface area contributed by atoms with E-state index in [1.54, 1.807) is 0 Å². The first-order valence-electron chi connectivity index (χ1n) is 6.41. The highest BCUT2D eigenvalue weighted by molar-refractivity contribution is 5.42. The van der Waals surface area contributed by atoms with Crippen molar-refractivity contribution in [1.29, 1.82) is 0 Å². The average Bonchev–Trinajstić information content (AvgIpc) is 2.38. The molecule has 0 aromatic heterocycles. The molecule has 0 atom stereocenters. The van der Waals surface area contributed by atoms with Crippen molar-refractivity contribution in [3.05, 3.63) is 29.3 Å². The van der Waals surface area contributed by atoms with Gasteiger partial charge in [0.1, 0.15) is 5.75 Å². The molecule has 1 aromatic rings. The first-order valence-corrected chi connectivity index (χ1v) is 6.41. The van der Waals surface area contributed by atoms with Crippen LogP contribution in [0.5, 0.6) is 5.75 Å². The van der Waals surface area contributed by atoms with Crippen LogP contribution in [-0.2, 0) is 11.7 Å². The third-order valence-corrected chi connectivity index (χ3v) is 3.83. The number of hydrogen-bond acceptors (Lipinski definition) is 2. The van der Waals surface area contributed by atoms with Crippen molar-refractivity contribution in [1.82, 2.24) is 0 Å². The van der Waals surface area contributed by atoms with Crippen LogP contribution < -0.4 is 10.5 Å². The molecule has 1 aliphatic rings. The van der Waals surface area contributed by atoms with E-state index in [4.69, 9.17) is 10.5 Å². The molecule has 1 saturated carbocycles. The highest BCUT2D eigenvalue weighted by atomic mass is 19.4. The van der Waals surface area contributed by atoms with Crippen LogP contribution in [0.4, 0.5) is 13.2 Å². The van der Waals surface area contributed by atoms with Gasteiger partial charge in [-0.05, 0) is 30.5 Å². The quantitative estimate of drug-likeness (QED) is 0.888. The van der Waals surface area contributed by atoms with Gasteiger partial charge >= 0.3 is 6.18 Å². The van der Waals surface area contributed by atoms with Crippen LogP contribution in [0.1, 0.15) is 43.2 Å². The number of rotatable bonds is 2. The second kappa shape index (κ2) is 5.04. The predicted molar refractivity (Wildman–Crippen MR) is 66.9 cm³/mol. The Kier molecular flexibility index (Phi) is 3.76. The summed E-state index contributed by atoms with van der Waals surface area (Å²) in [5, 5.41) is 0. The molecule has 0 bridgehead atoms. The molecule has 0 spiro atoms. The van der Waals surface area contributed by atoms with Crippen molar-refractivity contribution in [2.75, 3.05) is 7.11 Å². The van der Waals surface area contributed by atoms with Gasteiger partial charge in [-0.2, -0.15) is 13.2 Å². The molecule has 0 aliphatic heterocycles. The summed E-state index contributed by atoms with van der Waals surface area (Å²) in [5.74, 6) is -0.152. The smallest absolute Gasteiger partial charge is 0.419 e. The van der Waals surface area contributed by atoms with Gasteiger partial charge in [-0.15, -0.1) is 0 Å². The Labute approximate surface area is 110 Å². The van der Waals surface area contributed by atoms with Gasteiger partial charge in [0.2, 0.25) is 0 Å². The zero-order chi connectivity index (χ0) is 14.1. The van der Waals surface area contributed by atoms with Crippen molar-refractivity contribution < 1.29 is 17.9 Å². The lowest BCUT2D eigenvalue weighted by Gasteiger charge is -2.34. The fraction of sp³-hybridized carbons (Fsp3) is 0.571. The highest BCUT2D eigenvalue weighted by Gasteiger charge is 2.36. The molecule has 1 aliphatic carbocycles. The normalized spacial score (nSPS) is 19.2. The van der Waals surface area contributed by atoms with Crippen molar-refractivity contribution >= 4 is 0 Å². The summed E-state index contributed by atoms with van der Waals surface area (Å²) in [6, 6.07) is 3.99. The molecule has 1 aromatic carbocycles. The minimum Gasteiger partial charge on any atom is -0.496 e. The molecular weight excluding hydrogens is 255 g/mol. The third-order valence-electron chi connectivity index (χ3n) is 3.83. The van der Waals surface area contributed by atoms with Crippen LogP contribution in [0.2, 0.25) is 0 Å². The minimum absolute atomic E-state index is 0.152. The van der Waals surface area contributed by atoms with Crippen LogP contribution in [-0.4, -0.2) is 7.11 Å². The van der Waals surface area contributed by atoms with Crippen LogP contribution in [0, 0.1) is 0 Å². The van der Waals surface area contributed by atoms with Crippen molar-refractivity contribution in [3.8, 4) is 5.75 Å². The van der Waals surface area contributed by atoms with Gasteiger partial charge in [-0.25, -0.2) is 0 Å². The number of benzene rings is 1. The molecule has 0 amide bonds. The number of alkyl halides is 3. The Morgan fingerprint density at radius 3 is 2.32 bits per heavy atom. The maximum absolute atomic E-state index is 12.8. The topological polar surface area (TPSA) is 35.2 Å². The van der Waals surface area contributed by atoms with Crippen molar-refractivity contribution in [2.24, 2.45) is 5.73 Å². The Hall–Kier alpha value is -1.23. The molecule has 2 rings (SSSR count). The average molecular weight is 273 g/mol. The van der Waals surface area contributed by atoms with E-state index in [1.165, 1.54) is 19.2 Å². The van der Waals surface area contributed by atoms with Crippen LogP contribution in [0.25, 0.3) is 0 Å². The van der Waals surface area contributed by atoms with E-state index in [1.807, 2.05) is 0 Å². The lowest BCUT2D eigenvalue weighted by Crippen LogP contribution is -2.38. The second-order valence-corrected chi connectivity index (χ2v) is 5.13. The van der Waals surface area contributed by atoms with Gasteiger partial charge in [0.05, 0.1) is 12.7 Å². The number of nitrogens with two attached hydrogens (primary N) is 1. The fourth-order valence-electron chi connectivity index (χ4n) is 2.71. The minimum atomic E-state index is -4.40. The molecule has 0 heterocycles. The van der Waals surface area contributed by atoms with Gasteiger partial charge in [0, 0.05) is 5.54 Å². The molecule has 5 heteroatoms. The van der Waals surface area contributed by atoms with E-state index >= 15 is 0 Å². The number of methoxy groups -OCH3 is 1. The van der Waals surface area contributed by atoms with E-state index in [0.717, 1.165) is 43.7 Å². The summed E-state index contributed by atoms with van der Waals surface area (Å²) in [6.45, 7) is 0. The summed E-state index contributed by atoms with van der Waals surface area (Å²) in [4.78, 5) is 0. The zero-order valence-electron chi connectivity index (χ0n) is 10.9. The summed E-state index contributed by atoms with van der Waals surface area (Å²) >= 11 is 0. The van der Waals surface area contributed by atoms with E-state index in [9.17, 15) is 13.2 Å². The van der Waals surface area contributed by atoms with Crippen molar-refractivity contribution in [3.63, 3.8) is 0 Å². The summed E-state index contributed by atoms with van der Waals surface area (Å²) in [5.41, 5.74) is 5.79. The van der Waals surface area contributed by atoms with E-state index in [-0.39, 0.29) is 5.75 Å². The number of hydrogen-bond donors (Lipinski definition) is 1. The molecule has 2 nitrogen and oxygen atoms in total. The standard InChI is InChI=1S/C14H18F3NO/c1-19-12-9-10(5-6-11(12)14(15,16)17)13(18)7-3-2-4-8-13/h5-6,9H,2-4,7-8,18H2,1H3. The first kappa shape index (κ1) is 14.2. The maximum Gasteiger partial charge on any atom is 0.419 e. The molecule has 0 radical (unpaired) electrons. The Balaban J connectivity index is 2.39. The summed E-state index contributed by atoms with van der Waals surface area (Å²) in [6.07, 6.45) is 0.373. The lowest BCUT2D eigenvalue weighted by atomic mass is 9.77. The molecule has 2 N–H and O–H groups in total. The molecular formula is C14H18F3NO. The third kappa shape index (κ3) is 2.86. The number of halogens is 3. The van der Waals surface area contributed by atoms with Gasteiger partial charge in [-0.3, -0.25) is 0 Å². The number of ether oxygens (including phenoxy) is 1. The molecule has 106 valence electrons. The van der Waals surface area contributed by atoms with Gasteiger partial charge < -0.3 is 10.5 Å². The van der Waals surface area contributed by atoms with Gasteiger partial charge in [-0.1, -0.05) is 25.3 Å². The SMILES string of the molecule is COc1cc(C2(N)CCCCC2)ccc1C(F)(F)F. The molecule has 19 heavy (non-hydrogen) atoms. The Morgan fingerprint density at radius 1 is 1.16 bits per heavy atom. The summed E-state index contributed by atoms with van der Waals surface area (Å²) < 4.78 is 43.3. The van der Waals surface area contributed by atoms with Crippen LogP contribution in [0.3, 0.4) is 0 Å². The Bertz CT molecular complexity index is 450. The molecule has 0 saturated heterocycles. The largest absolute Gasteiger partial charge is 0.496 e. The van der Waals surface area contributed by atoms with Gasteiger partial charge in [0.15, 0.2) is 0 Å². The van der Waals surface area contributed by atoms with Crippen molar-refractivity contribution in [2.45, 2.75) is 43.8 Å². The second-order valence-electron chi connectivity index (χ2n) is 5.13. The monoisotopic (exact) mass is 273 g/mol. The summed E-state index contributed by atoms with van der Waals surface area (Å²) in [7, 11) is 1.25. The fourth-order valence-corrected chi connectivity index (χ4v) is 2.71.